The first-order valence-electron chi connectivity index (χ1n) is 11.7. The summed E-state index contributed by atoms with van der Waals surface area (Å²) in [5.74, 6) is -0.0942. The normalized spacial score (nSPS) is 21.5. The van der Waals surface area contributed by atoms with Gasteiger partial charge >= 0.3 is 0 Å². The largest absolute Gasteiger partial charge is 0.342 e. The summed E-state index contributed by atoms with van der Waals surface area (Å²) in [4.78, 5) is 36.8. The van der Waals surface area contributed by atoms with Gasteiger partial charge in [-0.05, 0) is 69.5 Å². The fourth-order valence-electron chi connectivity index (χ4n) is 4.74. The molecular formula is C26H27Cl2N5O2. The highest BCUT2D eigenvalue weighted by molar-refractivity contribution is 6.53. The van der Waals surface area contributed by atoms with Gasteiger partial charge in [-0.1, -0.05) is 0 Å². The van der Waals surface area contributed by atoms with Gasteiger partial charge in [0, 0.05) is 48.5 Å². The second-order valence-electron chi connectivity index (χ2n) is 9.64. The van der Waals surface area contributed by atoms with Gasteiger partial charge in [-0.3, -0.25) is 14.6 Å². The molecule has 1 aromatic carbocycles. The first-order chi connectivity index (χ1) is 16.7. The van der Waals surface area contributed by atoms with E-state index in [-0.39, 0.29) is 17.7 Å². The fourth-order valence-corrected chi connectivity index (χ4v) is 5.44. The van der Waals surface area contributed by atoms with Crippen LogP contribution in [0.5, 0.6) is 0 Å². The summed E-state index contributed by atoms with van der Waals surface area (Å²) in [7, 11) is 0. The van der Waals surface area contributed by atoms with Crippen molar-refractivity contribution in [1.82, 2.24) is 19.4 Å². The number of nitrogens with zero attached hydrogens (tertiary/aromatic N) is 4. The molecule has 1 atom stereocenters. The number of imidazole rings is 1. The number of nitrogens with one attached hydrogen (secondary N) is 1. The molecule has 2 fully saturated rings. The molecule has 0 bridgehead atoms. The van der Waals surface area contributed by atoms with Crippen molar-refractivity contribution in [3.8, 4) is 5.69 Å². The third kappa shape index (κ3) is 4.55. The van der Waals surface area contributed by atoms with Crippen LogP contribution in [-0.4, -0.2) is 48.7 Å². The van der Waals surface area contributed by atoms with Crippen molar-refractivity contribution in [3.63, 3.8) is 0 Å². The van der Waals surface area contributed by atoms with E-state index < -0.39 is 9.75 Å². The van der Waals surface area contributed by atoms with Crippen LogP contribution in [0.25, 0.3) is 5.69 Å². The van der Waals surface area contributed by atoms with Gasteiger partial charge in [0.1, 0.15) is 4.33 Å². The molecular weight excluding hydrogens is 485 g/mol. The van der Waals surface area contributed by atoms with Crippen LogP contribution in [0.1, 0.15) is 53.8 Å². The van der Waals surface area contributed by atoms with Crippen molar-refractivity contribution < 1.29 is 9.59 Å². The number of alkyl halides is 2. The van der Waals surface area contributed by atoms with E-state index >= 15 is 0 Å². The molecule has 3 aromatic rings. The summed E-state index contributed by atoms with van der Waals surface area (Å²) >= 11 is 12.4. The van der Waals surface area contributed by atoms with Crippen LogP contribution in [0.3, 0.4) is 0 Å². The number of likely N-dealkylation sites (tertiary alicyclic amines) is 1. The third-order valence-corrected chi connectivity index (χ3v) is 8.24. The number of halogens is 2. The lowest BCUT2D eigenvalue weighted by Crippen LogP contribution is -2.43. The van der Waals surface area contributed by atoms with Gasteiger partial charge in [0.25, 0.3) is 5.91 Å². The lowest BCUT2D eigenvalue weighted by Gasteiger charge is -2.34. The third-order valence-electron chi connectivity index (χ3n) is 7.14. The minimum Gasteiger partial charge on any atom is -0.342 e. The van der Waals surface area contributed by atoms with Gasteiger partial charge in [-0.25, -0.2) is 4.98 Å². The Hall–Kier alpha value is -2.90. The van der Waals surface area contributed by atoms with Crippen molar-refractivity contribution >= 4 is 40.7 Å². The molecule has 1 N–H and O–H groups in total. The Kier molecular flexibility index (Phi) is 6.09. The number of hydrogen-bond acceptors (Lipinski definition) is 4. The number of carbonyl (C=O) groups is 2. The number of rotatable bonds is 5. The van der Waals surface area contributed by atoms with E-state index in [0.29, 0.717) is 30.8 Å². The molecule has 182 valence electrons. The molecule has 1 aliphatic carbocycles. The summed E-state index contributed by atoms with van der Waals surface area (Å²) in [5, 5.41) is 3.00. The Balaban J connectivity index is 1.28. The molecule has 1 unspecified atom stereocenters. The number of anilines is 1. The van der Waals surface area contributed by atoms with Crippen LogP contribution in [0.15, 0.2) is 55.1 Å². The topological polar surface area (TPSA) is 80.1 Å². The molecule has 7 nitrogen and oxygen atoms in total. The van der Waals surface area contributed by atoms with E-state index in [1.54, 1.807) is 12.5 Å². The summed E-state index contributed by atoms with van der Waals surface area (Å²) in [5.41, 5.74) is 3.16. The Morgan fingerprint density at radius 2 is 1.77 bits per heavy atom. The maximum absolute atomic E-state index is 13.2. The van der Waals surface area contributed by atoms with Crippen LogP contribution in [0, 0.1) is 12.3 Å². The van der Waals surface area contributed by atoms with Gasteiger partial charge in [0.2, 0.25) is 5.91 Å². The quantitative estimate of drug-likeness (QED) is 0.482. The smallest absolute Gasteiger partial charge is 0.257 e. The van der Waals surface area contributed by atoms with E-state index in [4.69, 9.17) is 28.2 Å². The molecule has 2 aromatic heterocycles. The van der Waals surface area contributed by atoms with Crippen molar-refractivity contribution in [2.75, 3.05) is 18.4 Å². The number of piperidine rings is 1. The Morgan fingerprint density at radius 1 is 1.09 bits per heavy atom. The molecule has 9 heteroatoms. The summed E-state index contributed by atoms with van der Waals surface area (Å²) in [6.07, 6.45) is 7.25. The molecule has 2 aliphatic rings. The highest BCUT2D eigenvalue weighted by atomic mass is 35.5. The van der Waals surface area contributed by atoms with E-state index in [2.05, 4.69) is 10.3 Å². The van der Waals surface area contributed by atoms with Crippen LogP contribution in [0.4, 0.5) is 5.69 Å². The van der Waals surface area contributed by atoms with Gasteiger partial charge in [0.15, 0.2) is 0 Å². The highest BCUT2D eigenvalue weighted by Crippen LogP contribution is 2.64. The fraction of sp³-hybridized carbons (Fsp3) is 0.385. The van der Waals surface area contributed by atoms with Gasteiger partial charge in [-0.15, -0.1) is 23.2 Å². The van der Waals surface area contributed by atoms with Crippen LogP contribution < -0.4 is 5.32 Å². The lowest BCUT2D eigenvalue weighted by atomic mass is 9.89. The Morgan fingerprint density at radius 3 is 2.37 bits per heavy atom. The average molecular weight is 512 g/mol. The van der Waals surface area contributed by atoms with Crippen molar-refractivity contribution in [2.45, 2.75) is 43.4 Å². The first kappa shape index (κ1) is 23.8. The van der Waals surface area contributed by atoms with E-state index in [9.17, 15) is 9.59 Å². The second kappa shape index (κ2) is 8.95. The van der Waals surface area contributed by atoms with Crippen LogP contribution >= 0.6 is 23.2 Å². The zero-order chi connectivity index (χ0) is 24.8. The zero-order valence-electron chi connectivity index (χ0n) is 19.7. The SMILES string of the molecule is Cc1ccc(C(=O)Nc2ccc(-n3ccnc3)cc2)c(C2CCN(C(=O)C3(C)CC3(Cl)Cl)CC2)n1. The van der Waals surface area contributed by atoms with Gasteiger partial charge < -0.3 is 14.8 Å². The predicted octanol–water partition coefficient (Wildman–Crippen LogP) is 5.12. The van der Waals surface area contributed by atoms with Gasteiger partial charge in [0.05, 0.1) is 23.0 Å². The summed E-state index contributed by atoms with van der Waals surface area (Å²) in [6.45, 7) is 4.94. The lowest BCUT2D eigenvalue weighted by molar-refractivity contribution is -0.137. The second-order valence-corrected chi connectivity index (χ2v) is 11.1. The van der Waals surface area contributed by atoms with Crippen LogP contribution in [0.2, 0.25) is 0 Å². The molecule has 3 heterocycles. The number of aromatic nitrogens is 3. The Bertz CT molecular complexity index is 1250. The maximum atomic E-state index is 13.2. The molecule has 0 spiro atoms. The number of benzene rings is 1. The van der Waals surface area contributed by atoms with E-state index in [1.807, 2.05) is 65.9 Å². The molecule has 1 saturated heterocycles. The molecule has 1 aliphatic heterocycles. The molecule has 1 saturated carbocycles. The minimum atomic E-state index is -0.971. The molecule has 35 heavy (non-hydrogen) atoms. The van der Waals surface area contributed by atoms with Crippen molar-refractivity contribution in [2.24, 2.45) is 5.41 Å². The number of amides is 2. The number of aryl methyl sites for hydroxylation is 1. The number of carbonyl (C=O) groups excluding carboxylic acids is 2. The number of hydrogen-bond donors (Lipinski definition) is 1. The van der Waals surface area contributed by atoms with Crippen molar-refractivity contribution in [3.05, 3.63) is 72.1 Å². The molecule has 0 radical (unpaired) electrons. The number of pyridine rings is 1. The Labute approximate surface area is 214 Å². The maximum Gasteiger partial charge on any atom is 0.257 e. The first-order valence-corrected chi connectivity index (χ1v) is 12.5. The average Bonchev–Trinajstić information content (AvgIpc) is 3.19. The predicted molar refractivity (Wildman–Crippen MR) is 136 cm³/mol. The van der Waals surface area contributed by atoms with Crippen LogP contribution in [-0.2, 0) is 4.79 Å². The van der Waals surface area contributed by atoms with Crippen molar-refractivity contribution in [1.29, 1.82) is 0 Å². The van der Waals surface area contributed by atoms with E-state index in [0.717, 1.165) is 29.9 Å². The zero-order valence-corrected chi connectivity index (χ0v) is 21.2. The van der Waals surface area contributed by atoms with E-state index in [1.165, 1.54) is 0 Å². The van der Waals surface area contributed by atoms with Gasteiger partial charge in [-0.2, -0.15) is 0 Å². The highest BCUT2D eigenvalue weighted by Gasteiger charge is 2.68. The monoisotopic (exact) mass is 511 g/mol. The summed E-state index contributed by atoms with van der Waals surface area (Å²) in [6, 6.07) is 11.3. The summed E-state index contributed by atoms with van der Waals surface area (Å²) < 4.78 is 0.926. The molecule has 5 rings (SSSR count). The molecule has 2 amide bonds. The standard InChI is InChI=1S/C26H27Cl2N5O2/c1-17-3-8-21(23(34)31-19-4-6-20(7-5-19)33-14-11-29-16-33)22(30-17)18-9-12-32(13-10-18)24(35)25(2)15-26(25,27)28/h3-8,11,14,16,18H,9-10,12-13,15H2,1-2H3,(H,31,34). The minimum absolute atomic E-state index is 0.00950.